The van der Waals surface area contributed by atoms with Crippen molar-refractivity contribution in [2.75, 3.05) is 16.4 Å². The summed E-state index contributed by atoms with van der Waals surface area (Å²) in [4.78, 5) is 44.5. The molecule has 0 aliphatic carbocycles. The van der Waals surface area contributed by atoms with Gasteiger partial charge in [-0.05, 0) is 31.0 Å². The Bertz CT molecular complexity index is 960. The van der Waals surface area contributed by atoms with Gasteiger partial charge in [-0.15, -0.1) is 0 Å². The fourth-order valence-electron chi connectivity index (χ4n) is 2.80. The van der Waals surface area contributed by atoms with Gasteiger partial charge in [-0.25, -0.2) is 4.98 Å². The average molecular weight is 407 g/mol. The van der Waals surface area contributed by atoms with Crippen molar-refractivity contribution in [2.24, 2.45) is 0 Å². The topological polar surface area (TPSA) is 104 Å². The first kappa shape index (κ1) is 19.4. The molecule has 0 bridgehead atoms. The molecule has 142 valence electrons. The minimum absolute atomic E-state index is 0.120. The van der Waals surface area contributed by atoms with Gasteiger partial charge in [-0.3, -0.25) is 14.4 Å². The molecule has 1 aliphatic rings. The van der Waals surface area contributed by atoms with Crippen molar-refractivity contribution in [1.29, 1.82) is 0 Å². The molecule has 27 heavy (non-hydrogen) atoms. The van der Waals surface area contributed by atoms with Crippen LogP contribution in [-0.2, 0) is 9.59 Å². The van der Waals surface area contributed by atoms with Gasteiger partial charge in [0.05, 0.1) is 11.5 Å². The van der Waals surface area contributed by atoms with Gasteiger partial charge in [-0.1, -0.05) is 36.4 Å². The van der Waals surface area contributed by atoms with E-state index in [2.05, 4.69) is 20.6 Å². The lowest BCUT2D eigenvalue weighted by Gasteiger charge is -2.24. The largest absolute Gasteiger partial charge is 0.325 e. The van der Waals surface area contributed by atoms with E-state index in [9.17, 15) is 14.4 Å². The van der Waals surface area contributed by atoms with Gasteiger partial charge in [0.25, 0.3) is 5.56 Å². The maximum Gasteiger partial charge on any atom is 0.257 e. The number of carbonyl (C=O) groups is 2. The summed E-state index contributed by atoms with van der Waals surface area (Å²) in [7, 11) is 0. The first-order valence-electron chi connectivity index (χ1n) is 8.53. The van der Waals surface area contributed by atoms with Crippen LogP contribution in [0.3, 0.4) is 0 Å². The number of halogens is 1. The zero-order valence-electron chi connectivity index (χ0n) is 14.9. The van der Waals surface area contributed by atoms with Gasteiger partial charge >= 0.3 is 0 Å². The van der Waals surface area contributed by atoms with Gasteiger partial charge < -0.3 is 15.6 Å². The van der Waals surface area contributed by atoms with E-state index in [4.69, 9.17) is 11.6 Å². The number of amides is 2. The van der Waals surface area contributed by atoms with Crippen molar-refractivity contribution in [3.05, 3.63) is 44.7 Å². The number of nitrogens with one attached hydrogen (secondary N) is 3. The van der Waals surface area contributed by atoms with Crippen LogP contribution in [-0.4, -0.2) is 27.5 Å². The van der Waals surface area contributed by atoms with Crippen LogP contribution in [0.2, 0.25) is 5.02 Å². The Morgan fingerprint density at radius 1 is 1.41 bits per heavy atom. The molecule has 0 saturated carbocycles. The number of hydrogen-bond acceptors (Lipinski definition) is 5. The minimum atomic E-state index is -0.923. The summed E-state index contributed by atoms with van der Waals surface area (Å²) in [6.07, 6.45) is 0.798. The molecule has 2 heterocycles. The van der Waals surface area contributed by atoms with Gasteiger partial charge in [0.15, 0.2) is 5.16 Å². The third-order valence-corrected chi connectivity index (χ3v) is 5.70. The van der Waals surface area contributed by atoms with Crippen molar-refractivity contribution in [3.8, 4) is 0 Å². The van der Waals surface area contributed by atoms with Gasteiger partial charge in [0.1, 0.15) is 5.82 Å². The summed E-state index contributed by atoms with van der Waals surface area (Å²) in [6, 6.07) is 5.16. The number of hydrogen-bond donors (Lipinski definition) is 3. The second kappa shape index (κ2) is 8.14. The molecule has 7 nitrogen and oxygen atoms in total. The molecule has 0 saturated heterocycles. The maximum atomic E-state index is 12.8. The molecule has 1 unspecified atom stereocenters. The first-order valence-corrected chi connectivity index (χ1v) is 9.90. The zero-order valence-corrected chi connectivity index (χ0v) is 16.5. The van der Waals surface area contributed by atoms with Crippen molar-refractivity contribution >= 4 is 46.7 Å². The SMILES string of the molecule is CCCSc1nc2c(c(=O)[nH]1)C(C(=O)Nc1cccc(Cl)c1C)CC(=O)N2. The Morgan fingerprint density at radius 2 is 2.19 bits per heavy atom. The van der Waals surface area contributed by atoms with E-state index in [0.717, 1.165) is 12.2 Å². The molecule has 1 aromatic heterocycles. The Kier molecular flexibility index (Phi) is 5.86. The van der Waals surface area contributed by atoms with Gasteiger partial charge in [0, 0.05) is 22.9 Å². The summed E-state index contributed by atoms with van der Waals surface area (Å²) in [5.41, 5.74) is 1.01. The van der Waals surface area contributed by atoms with Crippen molar-refractivity contribution in [3.63, 3.8) is 0 Å². The van der Waals surface area contributed by atoms with Crippen molar-refractivity contribution in [2.45, 2.75) is 37.8 Å². The molecule has 0 radical (unpaired) electrons. The van der Waals surface area contributed by atoms with E-state index >= 15 is 0 Å². The number of benzene rings is 1. The smallest absolute Gasteiger partial charge is 0.257 e. The number of anilines is 2. The quantitative estimate of drug-likeness (QED) is 0.522. The monoisotopic (exact) mass is 406 g/mol. The molecular formula is C18H19ClN4O3S. The number of H-pyrrole nitrogens is 1. The molecule has 1 atom stereocenters. The fraction of sp³-hybridized carbons (Fsp3) is 0.333. The predicted molar refractivity (Wildman–Crippen MR) is 107 cm³/mol. The number of nitrogens with zero attached hydrogens (tertiary/aromatic N) is 1. The number of aromatic nitrogens is 2. The highest BCUT2D eigenvalue weighted by Crippen LogP contribution is 2.31. The Labute approximate surface area is 165 Å². The van der Waals surface area contributed by atoms with E-state index in [1.165, 1.54) is 11.8 Å². The summed E-state index contributed by atoms with van der Waals surface area (Å²) in [5.74, 6) is -0.786. The van der Waals surface area contributed by atoms with Crippen LogP contribution in [0.1, 0.15) is 36.8 Å². The number of thioether (sulfide) groups is 1. The molecule has 0 fully saturated rings. The highest BCUT2D eigenvalue weighted by Gasteiger charge is 2.35. The number of fused-ring (bicyclic) bond motifs is 1. The fourth-order valence-corrected chi connectivity index (χ4v) is 3.70. The highest BCUT2D eigenvalue weighted by molar-refractivity contribution is 7.99. The standard InChI is InChI=1S/C18H19ClN4O3S/c1-3-7-27-18-22-15-14(17(26)23-18)10(8-13(24)21-15)16(25)20-12-6-4-5-11(19)9(12)2/h4-6,10H,3,7-8H2,1-2H3,(H,20,25)(H2,21,22,23,24,26). The highest BCUT2D eigenvalue weighted by atomic mass is 35.5. The molecule has 3 N–H and O–H groups in total. The minimum Gasteiger partial charge on any atom is -0.325 e. The van der Waals surface area contributed by atoms with Crippen LogP contribution < -0.4 is 16.2 Å². The Balaban J connectivity index is 1.93. The van der Waals surface area contributed by atoms with Gasteiger partial charge in [-0.2, -0.15) is 0 Å². The van der Waals surface area contributed by atoms with Crippen LogP contribution in [0, 0.1) is 6.92 Å². The van der Waals surface area contributed by atoms with E-state index in [1.54, 1.807) is 25.1 Å². The molecule has 9 heteroatoms. The Hall–Kier alpha value is -2.32. The Morgan fingerprint density at radius 3 is 2.93 bits per heavy atom. The summed E-state index contributed by atoms with van der Waals surface area (Å²) in [5, 5.41) is 6.32. The average Bonchev–Trinajstić information content (AvgIpc) is 2.62. The van der Waals surface area contributed by atoms with Crippen LogP contribution in [0.5, 0.6) is 0 Å². The zero-order chi connectivity index (χ0) is 19.6. The second-order valence-electron chi connectivity index (χ2n) is 6.19. The second-order valence-corrected chi connectivity index (χ2v) is 7.68. The molecule has 1 aromatic carbocycles. The molecular weight excluding hydrogens is 388 g/mol. The van der Waals surface area contributed by atoms with E-state index < -0.39 is 17.4 Å². The lowest BCUT2D eigenvalue weighted by atomic mass is 9.92. The molecule has 3 rings (SSSR count). The lowest BCUT2D eigenvalue weighted by molar-refractivity contribution is -0.123. The molecule has 2 amide bonds. The van der Waals surface area contributed by atoms with Gasteiger partial charge in [0.2, 0.25) is 11.8 Å². The third-order valence-electron chi connectivity index (χ3n) is 4.21. The third kappa shape index (κ3) is 4.17. The van der Waals surface area contributed by atoms with Crippen LogP contribution >= 0.6 is 23.4 Å². The van der Waals surface area contributed by atoms with E-state index in [1.807, 2.05) is 6.92 Å². The van der Waals surface area contributed by atoms with Crippen LogP contribution in [0.15, 0.2) is 28.2 Å². The van der Waals surface area contributed by atoms with Crippen molar-refractivity contribution in [1.82, 2.24) is 9.97 Å². The number of rotatable bonds is 5. The van der Waals surface area contributed by atoms with Crippen LogP contribution in [0.4, 0.5) is 11.5 Å². The number of aromatic amines is 1. The number of carbonyl (C=O) groups excluding carboxylic acids is 2. The lowest BCUT2D eigenvalue weighted by Crippen LogP contribution is -2.36. The summed E-state index contributed by atoms with van der Waals surface area (Å²) < 4.78 is 0. The van der Waals surface area contributed by atoms with E-state index in [0.29, 0.717) is 21.4 Å². The summed E-state index contributed by atoms with van der Waals surface area (Å²) in [6.45, 7) is 3.80. The molecule has 1 aliphatic heterocycles. The predicted octanol–water partition coefficient (Wildman–Crippen LogP) is 3.30. The summed E-state index contributed by atoms with van der Waals surface area (Å²) >= 11 is 7.48. The van der Waals surface area contributed by atoms with E-state index in [-0.39, 0.29) is 23.7 Å². The normalized spacial score (nSPS) is 15.8. The van der Waals surface area contributed by atoms with Crippen molar-refractivity contribution < 1.29 is 9.59 Å². The molecule has 2 aromatic rings. The maximum absolute atomic E-state index is 12.8. The first-order chi connectivity index (χ1) is 12.9. The van der Waals surface area contributed by atoms with Crippen LogP contribution in [0.25, 0.3) is 0 Å². The molecule has 0 spiro atoms.